The highest BCUT2D eigenvalue weighted by atomic mass is 35.5. The van der Waals surface area contributed by atoms with Crippen molar-refractivity contribution in [2.45, 2.75) is 18.9 Å². The van der Waals surface area contributed by atoms with Crippen LogP contribution in [0.1, 0.15) is 24.4 Å². The second kappa shape index (κ2) is 6.80. The average Bonchev–Trinajstić information content (AvgIpc) is 2.26. The normalized spacial score (nSPS) is 12.7. The Bertz CT molecular complexity index is 276. The molecule has 1 aromatic carbocycles. The van der Waals surface area contributed by atoms with E-state index in [-0.39, 0.29) is 6.04 Å². The van der Waals surface area contributed by atoms with Crippen molar-refractivity contribution in [2.24, 2.45) is 5.84 Å². The van der Waals surface area contributed by atoms with Crippen LogP contribution in [0.5, 0.6) is 0 Å². The Morgan fingerprint density at radius 1 is 1.40 bits per heavy atom. The standard InChI is InChI=1S/C11H17ClN2O/c1-15-8-2-3-11(14-13)9-4-6-10(12)7-5-9/h4-7,11,14H,2-3,8,13H2,1H3. The summed E-state index contributed by atoms with van der Waals surface area (Å²) in [5, 5.41) is 0.742. The molecule has 3 N–H and O–H groups in total. The SMILES string of the molecule is COCCCC(NN)c1ccc(Cl)cc1. The van der Waals surface area contributed by atoms with Gasteiger partial charge in [-0.15, -0.1) is 0 Å². The molecular weight excluding hydrogens is 212 g/mol. The van der Waals surface area contributed by atoms with Crippen LogP contribution >= 0.6 is 11.6 Å². The molecular formula is C11H17ClN2O. The van der Waals surface area contributed by atoms with Crippen LogP contribution in [0.3, 0.4) is 0 Å². The van der Waals surface area contributed by atoms with Crippen molar-refractivity contribution in [1.29, 1.82) is 0 Å². The molecule has 1 rings (SSSR count). The van der Waals surface area contributed by atoms with Gasteiger partial charge in [-0.1, -0.05) is 23.7 Å². The first-order valence-electron chi connectivity index (χ1n) is 4.98. The van der Waals surface area contributed by atoms with Crippen molar-refractivity contribution >= 4 is 11.6 Å². The molecule has 0 saturated carbocycles. The summed E-state index contributed by atoms with van der Waals surface area (Å²) >= 11 is 5.81. The lowest BCUT2D eigenvalue weighted by Crippen LogP contribution is -2.28. The maximum absolute atomic E-state index is 5.81. The smallest absolute Gasteiger partial charge is 0.0462 e. The van der Waals surface area contributed by atoms with Crippen LogP contribution < -0.4 is 11.3 Å². The molecule has 1 atom stereocenters. The Balaban J connectivity index is 2.53. The fourth-order valence-corrected chi connectivity index (χ4v) is 1.60. The molecule has 0 aliphatic rings. The molecule has 84 valence electrons. The van der Waals surface area contributed by atoms with E-state index in [2.05, 4.69) is 5.43 Å². The van der Waals surface area contributed by atoms with E-state index >= 15 is 0 Å². The number of ether oxygens (including phenoxy) is 1. The molecule has 0 bridgehead atoms. The van der Waals surface area contributed by atoms with Crippen LogP contribution in [0.2, 0.25) is 5.02 Å². The Morgan fingerprint density at radius 2 is 2.07 bits per heavy atom. The highest BCUT2D eigenvalue weighted by molar-refractivity contribution is 6.30. The molecule has 0 aliphatic heterocycles. The number of benzene rings is 1. The number of halogens is 1. The number of hydrogen-bond acceptors (Lipinski definition) is 3. The van der Waals surface area contributed by atoms with Crippen molar-refractivity contribution < 1.29 is 4.74 Å². The van der Waals surface area contributed by atoms with E-state index in [1.165, 1.54) is 0 Å². The average molecular weight is 229 g/mol. The number of methoxy groups -OCH3 is 1. The van der Waals surface area contributed by atoms with Crippen LogP contribution in [0.4, 0.5) is 0 Å². The maximum Gasteiger partial charge on any atom is 0.0462 e. The molecule has 15 heavy (non-hydrogen) atoms. The molecule has 0 aliphatic carbocycles. The first-order chi connectivity index (χ1) is 7.27. The third-order valence-corrected chi connectivity index (χ3v) is 2.57. The molecule has 0 heterocycles. The van der Waals surface area contributed by atoms with E-state index in [1.54, 1.807) is 7.11 Å². The van der Waals surface area contributed by atoms with Crippen molar-refractivity contribution in [2.75, 3.05) is 13.7 Å². The van der Waals surface area contributed by atoms with Gasteiger partial charge in [0.05, 0.1) is 0 Å². The lowest BCUT2D eigenvalue weighted by molar-refractivity contribution is 0.189. The molecule has 0 amide bonds. The van der Waals surface area contributed by atoms with Crippen molar-refractivity contribution in [1.82, 2.24) is 5.43 Å². The summed E-state index contributed by atoms with van der Waals surface area (Å²) in [5.74, 6) is 5.50. The summed E-state index contributed by atoms with van der Waals surface area (Å²) in [4.78, 5) is 0. The topological polar surface area (TPSA) is 47.3 Å². The minimum atomic E-state index is 0.164. The molecule has 0 saturated heterocycles. The number of nitrogens with one attached hydrogen (secondary N) is 1. The van der Waals surface area contributed by atoms with Gasteiger partial charge >= 0.3 is 0 Å². The Morgan fingerprint density at radius 3 is 2.60 bits per heavy atom. The Labute approximate surface area is 95.5 Å². The van der Waals surface area contributed by atoms with E-state index in [1.807, 2.05) is 24.3 Å². The molecule has 0 aromatic heterocycles. The highest BCUT2D eigenvalue weighted by Crippen LogP contribution is 2.19. The Kier molecular flexibility index (Phi) is 5.65. The molecule has 0 fully saturated rings. The van der Waals surface area contributed by atoms with Gasteiger partial charge in [-0.2, -0.15) is 0 Å². The summed E-state index contributed by atoms with van der Waals surface area (Å²) in [6.07, 6.45) is 1.93. The zero-order chi connectivity index (χ0) is 11.1. The van der Waals surface area contributed by atoms with Gasteiger partial charge in [-0.05, 0) is 30.5 Å². The second-order valence-electron chi connectivity index (χ2n) is 3.41. The summed E-state index contributed by atoms with van der Waals surface area (Å²) in [6, 6.07) is 7.88. The third kappa shape index (κ3) is 4.18. The van der Waals surface area contributed by atoms with Gasteiger partial charge in [0.15, 0.2) is 0 Å². The molecule has 3 nitrogen and oxygen atoms in total. The lowest BCUT2D eigenvalue weighted by atomic mass is 10.0. The number of hydrazine groups is 1. The Hall–Kier alpha value is -0.610. The van der Waals surface area contributed by atoms with E-state index in [0.717, 1.165) is 30.0 Å². The number of hydrogen-bond donors (Lipinski definition) is 2. The predicted octanol–water partition coefficient (Wildman–Crippen LogP) is 2.27. The maximum atomic E-state index is 5.81. The summed E-state index contributed by atoms with van der Waals surface area (Å²) in [6.45, 7) is 0.756. The molecule has 1 unspecified atom stereocenters. The van der Waals surface area contributed by atoms with Gasteiger partial charge < -0.3 is 4.74 Å². The first-order valence-corrected chi connectivity index (χ1v) is 5.36. The van der Waals surface area contributed by atoms with Crippen molar-refractivity contribution in [3.05, 3.63) is 34.9 Å². The number of nitrogens with two attached hydrogens (primary N) is 1. The van der Waals surface area contributed by atoms with Gasteiger partial charge in [0.25, 0.3) is 0 Å². The van der Waals surface area contributed by atoms with E-state index in [9.17, 15) is 0 Å². The summed E-state index contributed by atoms with van der Waals surface area (Å²) < 4.78 is 5.00. The van der Waals surface area contributed by atoms with Crippen LogP contribution in [0, 0.1) is 0 Å². The second-order valence-corrected chi connectivity index (χ2v) is 3.84. The minimum Gasteiger partial charge on any atom is -0.385 e. The fraction of sp³-hybridized carbons (Fsp3) is 0.455. The molecule has 0 radical (unpaired) electrons. The van der Waals surface area contributed by atoms with Crippen molar-refractivity contribution in [3.63, 3.8) is 0 Å². The van der Waals surface area contributed by atoms with Gasteiger partial charge in [0.1, 0.15) is 0 Å². The van der Waals surface area contributed by atoms with Crippen LogP contribution in [0.15, 0.2) is 24.3 Å². The van der Waals surface area contributed by atoms with Gasteiger partial charge in [0.2, 0.25) is 0 Å². The minimum absolute atomic E-state index is 0.164. The highest BCUT2D eigenvalue weighted by Gasteiger charge is 2.08. The van der Waals surface area contributed by atoms with Gasteiger partial charge in [-0.3, -0.25) is 11.3 Å². The van der Waals surface area contributed by atoms with Crippen LogP contribution in [0.25, 0.3) is 0 Å². The largest absolute Gasteiger partial charge is 0.385 e. The summed E-state index contributed by atoms with van der Waals surface area (Å²) in [7, 11) is 1.70. The van der Waals surface area contributed by atoms with Crippen LogP contribution in [-0.4, -0.2) is 13.7 Å². The first kappa shape index (κ1) is 12.5. The molecule has 4 heteroatoms. The zero-order valence-corrected chi connectivity index (χ0v) is 9.63. The van der Waals surface area contributed by atoms with E-state index in [0.29, 0.717) is 0 Å². The number of rotatable bonds is 6. The summed E-state index contributed by atoms with van der Waals surface area (Å²) in [5.41, 5.74) is 3.95. The third-order valence-electron chi connectivity index (χ3n) is 2.31. The predicted molar refractivity (Wildman–Crippen MR) is 62.6 cm³/mol. The van der Waals surface area contributed by atoms with Gasteiger partial charge in [-0.25, -0.2) is 0 Å². The quantitative estimate of drug-likeness (QED) is 0.446. The fourth-order valence-electron chi connectivity index (χ4n) is 1.47. The van der Waals surface area contributed by atoms with Gasteiger partial charge in [0, 0.05) is 24.8 Å². The monoisotopic (exact) mass is 228 g/mol. The van der Waals surface area contributed by atoms with Crippen LogP contribution in [-0.2, 0) is 4.74 Å². The zero-order valence-electron chi connectivity index (χ0n) is 8.87. The molecule has 0 spiro atoms. The van der Waals surface area contributed by atoms with E-state index < -0.39 is 0 Å². The van der Waals surface area contributed by atoms with E-state index in [4.69, 9.17) is 22.2 Å². The van der Waals surface area contributed by atoms with Crippen molar-refractivity contribution in [3.8, 4) is 0 Å². The lowest BCUT2D eigenvalue weighted by Gasteiger charge is -2.15. The molecule has 1 aromatic rings.